The summed E-state index contributed by atoms with van der Waals surface area (Å²) in [6.45, 7) is 3.10. The van der Waals surface area contributed by atoms with E-state index < -0.39 is 32.5 Å². The predicted molar refractivity (Wildman–Crippen MR) is 159 cm³/mol. The first-order valence-electron chi connectivity index (χ1n) is 11.9. The van der Waals surface area contributed by atoms with Crippen LogP contribution in [0, 0.1) is 13.8 Å². The molecule has 0 unspecified atom stereocenters. The molecule has 0 spiro atoms. The van der Waals surface area contributed by atoms with Gasteiger partial charge >= 0.3 is 0 Å². The number of benzene rings is 4. The molecule has 4 rings (SSSR count). The number of anilines is 3. The van der Waals surface area contributed by atoms with Gasteiger partial charge in [-0.05, 0) is 74.0 Å². The fourth-order valence-corrected chi connectivity index (χ4v) is 6.78. The van der Waals surface area contributed by atoms with E-state index in [1.54, 1.807) is 49.4 Å². The molecule has 4 aromatic carbocycles. The average molecular weight is 619 g/mol. The second kappa shape index (κ2) is 11.9. The van der Waals surface area contributed by atoms with Crippen LogP contribution < -0.4 is 14.3 Å². The molecule has 0 radical (unpaired) electrons. The molecule has 0 saturated carbocycles. The zero-order valence-electron chi connectivity index (χ0n) is 21.4. The van der Waals surface area contributed by atoms with Gasteiger partial charge in [0.2, 0.25) is 5.91 Å². The van der Waals surface area contributed by atoms with Crippen molar-refractivity contribution in [1.82, 2.24) is 0 Å². The maximum absolute atomic E-state index is 13.6. The fourth-order valence-electron chi connectivity index (χ4n) is 3.82. The Morgan fingerprint density at radius 2 is 1.40 bits per heavy atom. The lowest BCUT2D eigenvalue weighted by Crippen LogP contribution is -2.38. The van der Waals surface area contributed by atoms with Crippen molar-refractivity contribution in [3.63, 3.8) is 0 Å². The van der Waals surface area contributed by atoms with Crippen LogP contribution in [-0.4, -0.2) is 29.3 Å². The molecule has 1 amide bonds. The molecule has 12 heteroatoms. The maximum Gasteiger partial charge on any atom is 0.264 e. The standard InChI is InChI=1S/C28H25Cl2N3O5S2/c1-19-10-14-23(15-11-19)40(37,38)33(26-9-4-3-6-20(26)2)18-27(34)31-21-12-16-22(17-13-21)39(35,36)32-25-8-5-7-24(29)28(25)30/h3-17,32H,18H2,1-2H3,(H,31,34). The number of hydrogen-bond donors (Lipinski definition) is 2. The van der Waals surface area contributed by atoms with Gasteiger partial charge in [-0.2, -0.15) is 0 Å². The zero-order valence-corrected chi connectivity index (χ0v) is 24.6. The van der Waals surface area contributed by atoms with E-state index in [0.717, 1.165) is 9.87 Å². The summed E-state index contributed by atoms with van der Waals surface area (Å²) in [5.41, 5.74) is 2.34. The van der Waals surface area contributed by atoms with E-state index in [1.165, 1.54) is 48.5 Å². The largest absolute Gasteiger partial charge is 0.325 e. The third kappa shape index (κ3) is 6.59. The summed E-state index contributed by atoms with van der Waals surface area (Å²) < 4.78 is 56.3. The Balaban J connectivity index is 1.54. The third-order valence-corrected chi connectivity index (χ3v) is 9.90. The van der Waals surface area contributed by atoms with Crippen LogP contribution in [0.3, 0.4) is 0 Å². The monoisotopic (exact) mass is 617 g/mol. The quantitative estimate of drug-likeness (QED) is 0.231. The average Bonchev–Trinajstić information content (AvgIpc) is 2.91. The van der Waals surface area contributed by atoms with Crippen LogP contribution >= 0.6 is 23.2 Å². The molecule has 0 saturated heterocycles. The zero-order chi connectivity index (χ0) is 29.1. The molecule has 208 valence electrons. The SMILES string of the molecule is Cc1ccc(S(=O)(=O)N(CC(=O)Nc2ccc(S(=O)(=O)Nc3cccc(Cl)c3Cl)cc2)c2ccccc2C)cc1. The first kappa shape index (κ1) is 29.4. The molecule has 0 atom stereocenters. The topological polar surface area (TPSA) is 113 Å². The van der Waals surface area contributed by atoms with Crippen LogP contribution in [0.5, 0.6) is 0 Å². The van der Waals surface area contributed by atoms with Crippen molar-refractivity contribution < 1.29 is 21.6 Å². The van der Waals surface area contributed by atoms with Crippen molar-refractivity contribution in [1.29, 1.82) is 0 Å². The fraction of sp³-hybridized carbons (Fsp3) is 0.107. The number of nitrogens with zero attached hydrogens (tertiary/aromatic N) is 1. The Kier molecular flexibility index (Phi) is 8.74. The Morgan fingerprint density at radius 1 is 0.775 bits per heavy atom. The van der Waals surface area contributed by atoms with Crippen LogP contribution in [-0.2, 0) is 24.8 Å². The number of carbonyl (C=O) groups is 1. The molecule has 40 heavy (non-hydrogen) atoms. The van der Waals surface area contributed by atoms with E-state index >= 15 is 0 Å². The van der Waals surface area contributed by atoms with Gasteiger partial charge in [0, 0.05) is 5.69 Å². The number of amides is 1. The number of halogens is 2. The number of carbonyl (C=O) groups excluding carboxylic acids is 1. The molecule has 0 bridgehead atoms. The number of rotatable bonds is 9. The van der Waals surface area contributed by atoms with Crippen LogP contribution in [0.25, 0.3) is 0 Å². The minimum atomic E-state index is -4.08. The third-order valence-electron chi connectivity index (χ3n) is 5.92. The summed E-state index contributed by atoms with van der Waals surface area (Å²) in [4.78, 5) is 13.0. The molecule has 0 aliphatic heterocycles. The van der Waals surface area contributed by atoms with Crippen molar-refractivity contribution in [3.05, 3.63) is 112 Å². The Hall–Kier alpha value is -3.57. The lowest BCUT2D eigenvalue weighted by Gasteiger charge is -2.25. The van der Waals surface area contributed by atoms with Gasteiger partial charge in [-0.3, -0.25) is 13.8 Å². The van der Waals surface area contributed by atoms with Crippen LogP contribution in [0.15, 0.2) is 101 Å². The molecule has 8 nitrogen and oxygen atoms in total. The van der Waals surface area contributed by atoms with E-state index in [9.17, 15) is 21.6 Å². The maximum atomic E-state index is 13.6. The Labute approximate surface area is 243 Å². The van der Waals surface area contributed by atoms with Gasteiger partial charge in [-0.15, -0.1) is 0 Å². The highest BCUT2D eigenvalue weighted by molar-refractivity contribution is 7.93. The highest BCUT2D eigenvalue weighted by Crippen LogP contribution is 2.31. The molecule has 0 aromatic heterocycles. The minimum Gasteiger partial charge on any atom is -0.325 e. The van der Waals surface area contributed by atoms with Crippen LogP contribution in [0.1, 0.15) is 11.1 Å². The molecular weight excluding hydrogens is 593 g/mol. The van der Waals surface area contributed by atoms with Crippen LogP contribution in [0.2, 0.25) is 10.0 Å². The molecule has 0 fully saturated rings. The van der Waals surface area contributed by atoms with E-state index in [4.69, 9.17) is 23.2 Å². The predicted octanol–water partition coefficient (Wildman–Crippen LogP) is 6.25. The number of hydrogen-bond acceptors (Lipinski definition) is 5. The van der Waals surface area contributed by atoms with Gasteiger partial charge in [-0.1, -0.05) is 65.2 Å². The number of sulfonamides is 2. The van der Waals surface area contributed by atoms with Gasteiger partial charge < -0.3 is 5.32 Å². The molecule has 4 aromatic rings. The minimum absolute atomic E-state index is 0.0519. The molecule has 0 aliphatic carbocycles. The van der Waals surface area contributed by atoms with Gasteiger partial charge in [0.25, 0.3) is 20.0 Å². The summed E-state index contributed by atoms with van der Waals surface area (Å²) in [5, 5.41) is 2.90. The lowest BCUT2D eigenvalue weighted by atomic mass is 10.2. The van der Waals surface area contributed by atoms with Crippen molar-refractivity contribution in [2.75, 3.05) is 20.9 Å². The van der Waals surface area contributed by atoms with Gasteiger partial charge in [-0.25, -0.2) is 16.8 Å². The summed E-state index contributed by atoms with van der Waals surface area (Å²) >= 11 is 12.1. The summed E-state index contributed by atoms with van der Waals surface area (Å²) in [5.74, 6) is -0.613. The molecule has 0 aliphatic rings. The lowest BCUT2D eigenvalue weighted by molar-refractivity contribution is -0.114. The highest BCUT2D eigenvalue weighted by Gasteiger charge is 2.28. The summed E-state index contributed by atoms with van der Waals surface area (Å²) in [6, 6.07) is 23.2. The van der Waals surface area contributed by atoms with Crippen LogP contribution in [0.4, 0.5) is 17.1 Å². The van der Waals surface area contributed by atoms with Crippen molar-refractivity contribution >= 4 is 66.2 Å². The molecular formula is C28H25Cl2N3O5S2. The van der Waals surface area contributed by atoms with Gasteiger partial charge in [0.15, 0.2) is 0 Å². The normalized spacial score (nSPS) is 11.6. The highest BCUT2D eigenvalue weighted by atomic mass is 35.5. The first-order valence-corrected chi connectivity index (χ1v) is 15.6. The second-order valence-electron chi connectivity index (χ2n) is 8.89. The number of nitrogens with one attached hydrogen (secondary N) is 2. The second-order valence-corrected chi connectivity index (χ2v) is 13.2. The molecule has 2 N–H and O–H groups in total. The smallest absolute Gasteiger partial charge is 0.264 e. The van der Waals surface area contributed by atoms with Crippen molar-refractivity contribution in [3.8, 4) is 0 Å². The first-order chi connectivity index (χ1) is 18.9. The van der Waals surface area contributed by atoms with Crippen molar-refractivity contribution in [2.45, 2.75) is 23.6 Å². The van der Waals surface area contributed by atoms with Crippen molar-refractivity contribution in [2.24, 2.45) is 0 Å². The summed E-state index contributed by atoms with van der Waals surface area (Å²) in [7, 11) is -8.08. The number of para-hydroxylation sites is 1. The molecule has 0 heterocycles. The van der Waals surface area contributed by atoms with E-state index in [2.05, 4.69) is 10.0 Å². The van der Waals surface area contributed by atoms with Gasteiger partial charge in [0.05, 0.1) is 31.2 Å². The van der Waals surface area contributed by atoms with E-state index in [-0.39, 0.29) is 31.2 Å². The van der Waals surface area contributed by atoms with Gasteiger partial charge in [0.1, 0.15) is 6.54 Å². The Bertz CT molecular complexity index is 1760. The van der Waals surface area contributed by atoms with E-state index in [1.807, 2.05) is 6.92 Å². The van der Waals surface area contributed by atoms with E-state index in [0.29, 0.717) is 11.3 Å². The Morgan fingerprint density at radius 3 is 2.05 bits per heavy atom. The summed E-state index contributed by atoms with van der Waals surface area (Å²) in [6.07, 6.45) is 0. The number of aryl methyl sites for hydroxylation is 2.